The number of aliphatic imine (C=N–C) groups is 2. The first-order valence-electron chi connectivity index (χ1n) is 13.5. The van der Waals surface area contributed by atoms with Gasteiger partial charge in [-0.15, -0.1) is 44.2 Å². The molecule has 0 aliphatic carbocycles. The maximum absolute atomic E-state index is 4.89. The van der Waals surface area contributed by atoms with Gasteiger partial charge in [-0.1, -0.05) is 74.0 Å². The topological polar surface area (TPSA) is 24.7 Å². The minimum atomic E-state index is 0.544. The SMILES string of the molecule is C=C.C=C.C=C(C)CC.CC.CC.CC.CC1=NCC2=C1c1sc(C)c(C)c1C(/C=C/C(C)C)=NC2. The lowest BCUT2D eigenvalue weighted by Crippen LogP contribution is -2.02. The van der Waals surface area contributed by atoms with Gasteiger partial charge in [-0.2, -0.15) is 0 Å². The monoisotopic (exact) mass is 514 g/mol. The van der Waals surface area contributed by atoms with Crippen molar-refractivity contribution in [2.24, 2.45) is 15.9 Å². The van der Waals surface area contributed by atoms with Gasteiger partial charge in [-0.3, -0.25) is 9.98 Å². The first-order chi connectivity index (χ1) is 17.3. The maximum Gasteiger partial charge on any atom is 0.0665 e. The summed E-state index contributed by atoms with van der Waals surface area (Å²) in [6.45, 7) is 44.4. The zero-order valence-electron chi connectivity index (χ0n) is 26.2. The predicted octanol–water partition coefficient (Wildman–Crippen LogP) is 11.3. The predicted molar refractivity (Wildman–Crippen MR) is 176 cm³/mol. The molecule has 0 unspecified atom stereocenters. The van der Waals surface area contributed by atoms with Gasteiger partial charge in [-0.25, -0.2) is 0 Å². The Morgan fingerprint density at radius 1 is 0.917 bits per heavy atom. The molecular formula is C33H58N2S. The van der Waals surface area contributed by atoms with E-state index in [0.29, 0.717) is 5.92 Å². The normalized spacial score (nSPS) is 12.3. The third kappa shape index (κ3) is 13.7. The molecule has 1 aromatic heterocycles. The molecule has 0 aromatic carbocycles. The minimum Gasteiger partial charge on any atom is -0.285 e. The van der Waals surface area contributed by atoms with Crippen LogP contribution in [-0.2, 0) is 0 Å². The van der Waals surface area contributed by atoms with Crippen molar-refractivity contribution in [3.8, 4) is 0 Å². The van der Waals surface area contributed by atoms with E-state index in [0.717, 1.165) is 25.2 Å². The Kier molecular flexibility index (Phi) is 29.3. The molecule has 2 nitrogen and oxygen atoms in total. The third-order valence-electron chi connectivity index (χ3n) is 4.77. The number of allylic oxidation sites excluding steroid dienone is 4. The quantitative estimate of drug-likeness (QED) is 0.358. The van der Waals surface area contributed by atoms with E-state index in [4.69, 9.17) is 4.99 Å². The molecule has 0 saturated carbocycles. The van der Waals surface area contributed by atoms with Crippen LogP contribution in [0.5, 0.6) is 0 Å². The Morgan fingerprint density at radius 2 is 1.36 bits per heavy atom. The second kappa shape index (κ2) is 25.8. The van der Waals surface area contributed by atoms with Gasteiger partial charge in [0.05, 0.1) is 18.8 Å². The molecule has 0 radical (unpaired) electrons. The maximum atomic E-state index is 4.89. The van der Waals surface area contributed by atoms with Crippen LogP contribution in [-0.4, -0.2) is 24.5 Å². The van der Waals surface area contributed by atoms with Gasteiger partial charge in [0.25, 0.3) is 0 Å². The van der Waals surface area contributed by atoms with Crippen molar-refractivity contribution >= 4 is 28.3 Å². The lowest BCUT2D eigenvalue weighted by molar-refractivity contribution is 0.832. The molecule has 0 spiro atoms. The standard InChI is InChI=1S/C18H22N2S.C5H10.3C2H6.2C2H4/c1-10(2)6-7-15-16-11(3)13(5)21-18(16)17-12(4)19-8-14(17)9-20-15;1-4-5(2)3;5*1-2/h6-7,10H,8-9H2,1-5H3;2,4H2,1,3H3;3*1-2H3;2*1-2H2/b7-6+;;;;;;. The highest BCUT2D eigenvalue weighted by Gasteiger charge is 2.27. The first-order valence-corrected chi connectivity index (χ1v) is 14.3. The molecule has 206 valence electrons. The van der Waals surface area contributed by atoms with E-state index in [2.05, 4.69) is 91.6 Å². The van der Waals surface area contributed by atoms with Gasteiger partial charge in [0, 0.05) is 26.6 Å². The number of hydrogen-bond donors (Lipinski definition) is 0. The third-order valence-corrected chi connectivity index (χ3v) is 6.00. The molecule has 0 bridgehead atoms. The molecule has 0 saturated heterocycles. The highest BCUT2D eigenvalue weighted by Crippen LogP contribution is 2.39. The fraction of sp³-hybridized carbons (Fsp3) is 0.515. The molecule has 1 aromatic rings. The van der Waals surface area contributed by atoms with Crippen molar-refractivity contribution in [2.75, 3.05) is 13.1 Å². The molecule has 3 heteroatoms. The van der Waals surface area contributed by atoms with E-state index < -0.39 is 0 Å². The molecule has 2 aliphatic heterocycles. The summed E-state index contributed by atoms with van der Waals surface area (Å²) in [5.41, 5.74) is 9.02. The number of aryl methyl sites for hydroxylation is 1. The smallest absolute Gasteiger partial charge is 0.0665 e. The summed E-state index contributed by atoms with van der Waals surface area (Å²) in [4.78, 5) is 12.3. The second-order valence-electron chi connectivity index (χ2n) is 7.48. The lowest BCUT2D eigenvalue weighted by Gasteiger charge is -2.06. The van der Waals surface area contributed by atoms with Gasteiger partial charge in [0.15, 0.2) is 0 Å². The van der Waals surface area contributed by atoms with Crippen LogP contribution in [0.3, 0.4) is 0 Å². The van der Waals surface area contributed by atoms with Gasteiger partial charge >= 0.3 is 0 Å². The highest BCUT2D eigenvalue weighted by molar-refractivity contribution is 7.14. The number of hydrogen-bond acceptors (Lipinski definition) is 3. The zero-order valence-corrected chi connectivity index (χ0v) is 27.0. The molecule has 3 rings (SSSR count). The number of rotatable bonds is 3. The van der Waals surface area contributed by atoms with Crippen LogP contribution >= 0.6 is 11.3 Å². The van der Waals surface area contributed by atoms with Crippen molar-refractivity contribution < 1.29 is 0 Å². The van der Waals surface area contributed by atoms with Gasteiger partial charge in [0.2, 0.25) is 0 Å². The summed E-state index contributed by atoms with van der Waals surface area (Å²) >= 11 is 1.89. The summed E-state index contributed by atoms with van der Waals surface area (Å²) in [6.07, 6.45) is 5.56. The van der Waals surface area contributed by atoms with E-state index in [-0.39, 0.29) is 0 Å². The zero-order chi connectivity index (χ0) is 29.4. The number of thiophene rings is 1. The van der Waals surface area contributed by atoms with E-state index >= 15 is 0 Å². The molecule has 36 heavy (non-hydrogen) atoms. The fourth-order valence-corrected chi connectivity index (χ4v) is 4.19. The van der Waals surface area contributed by atoms with Crippen LogP contribution in [0, 0.1) is 19.8 Å². The first kappa shape index (κ1) is 40.9. The van der Waals surface area contributed by atoms with Crippen LogP contribution in [0.2, 0.25) is 0 Å². The Morgan fingerprint density at radius 3 is 1.78 bits per heavy atom. The molecule has 0 amide bonds. The van der Waals surface area contributed by atoms with Gasteiger partial charge in [0.1, 0.15) is 0 Å². The van der Waals surface area contributed by atoms with Crippen LogP contribution < -0.4 is 0 Å². The van der Waals surface area contributed by atoms with Crippen LogP contribution in [0.25, 0.3) is 5.57 Å². The molecule has 3 heterocycles. The summed E-state index contributed by atoms with van der Waals surface area (Å²) in [6, 6.07) is 0. The molecule has 0 atom stereocenters. The van der Waals surface area contributed by atoms with Crippen LogP contribution in [0.4, 0.5) is 0 Å². The Hall–Kier alpha value is -2.26. The molecule has 0 N–H and O–H groups in total. The summed E-state index contributed by atoms with van der Waals surface area (Å²) in [7, 11) is 0. The van der Waals surface area contributed by atoms with E-state index in [9.17, 15) is 0 Å². The lowest BCUT2D eigenvalue weighted by atomic mass is 9.97. The van der Waals surface area contributed by atoms with E-state index in [1.807, 2.05) is 59.8 Å². The summed E-state index contributed by atoms with van der Waals surface area (Å²) in [5.74, 6) is 0.544. The van der Waals surface area contributed by atoms with Gasteiger partial charge in [-0.05, 0) is 57.2 Å². The van der Waals surface area contributed by atoms with E-state index in [1.165, 1.54) is 43.3 Å². The number of fused-ring (bicyclic) bond motifs is 2. The second-order valence-corrected chi connectivity index (χ2v) is 8.71. The average Bonchev–Trinajstić information content (AvgIpc) is 3.38. The van der Waals surface area contributed by atoms with Crippen LogP contribution in [0.15, 0.2) is 66.2 Å². The Balaban J connectivity index is -0.000000290. The summed E-state index contributed by atoms with van der Waals surface area (Å²) in [5, 5.41) is 0. The van der Waals surface area contributed by atoms with Gasteiger partial charge < -0.3 is 0 Å². The Labute approximate surface area is 230 Å². The minimum absolute atomic E-state index is 0.544. The Bertz CT molecular complexity index is 843. The largest absolute Gasteiger partial charge is 0.285 e. The van der Waals surface area contributed by atoms with Crippen molar-refractivity contribution in [2.45, 2.75) is 96.4 Å². The average molecular weight is 515 g/mol. The fourth-order valence-electron chi connectivity index (χ4n) is 2.87. The number of nitrogens with zero attached hydrogens (tertiary/aromatic N) is 2. The molecular weight excluding hydrogens is 456 g/mol. The van der Waals surface area contributed by atoms with Crippen molar-refractivity contribution in [1.82, 2.24) is 0 Å². The van der Waals surface area contributed by atoms with Crippen molar-refractivity contribution in [1.29, 1.82) is 0 Å². The summed E-state index contributed by atoms with van der Waals surface area (Å²) < 4.78 is 0. The van der Waals surface area contributed by atoms with Crippen LogP contribution in [0.1, 0.15) is 103 Å². The molecule has 0 fully saturated rings. The molecule has 2 aliphatic rings. The van der Waals surface area contributed by atoms with E-state index in [1.54, 1.807) is 0 Å². The van der Waals surface area contributed by atoms with Crippen molar-refractivity contribution in [3.05, 3.63) is 77.1 Å². The highest BCUT2D eigenvalue weighted by atomic mass is 32.1. The van der Waals surface area contributed by atoms with Crippen molar-refractivity contribution in [3.63, 3.8) is 0 Å².